The lowest BCUT2D eigenvalue weighted by molar-refractivity contribution is -0.132. The molecule has 1 aromatic heterocycles. The second kappa shape index (κ2) is 5.68. The number of likely N-dealkylation sites (N-methyl/N-ethyl adjacent to an activating group) is 1. The SMILES string of the molecule is CN(C(=O)Cn1ncc(=O)c2ccccc21)C1CCCC1. The van der Waals surface area contributed by atoms with Crippen LogP contribution in [0.3, 0.4) is 0 Å². The number of amides is 1. The molecule has 5 heteroatoms. The van der Waals surface area contributed by atoms with E-state index in [-0.39, 0.29) is 17.9 Å². The zero-order valence-corrected chi connectivity index (χ0v) is 12.2. The first-order valence-corrected chi connectivity index (χ1v) is 7.37. The molecule has 2 aromatic rings. The number of para-hydroxylation sites is 1. The molecular weight excluding hydrogens is 266 g/mol. The monoisotopic (exact) mass is 285 g/mol. The average molecular weight is 285 g/mol. The zero-order chi connectivity index (χ0) is 14.8. The maximum absolute atomic E-state index is 12.4. The van der Waals surface area contributed by atoms with Crippen molar-refractivity contribution in [3.8, 4) is 0 Å². The van der Waals surface area contributed by atoms with Gasteiger partial charge in [-0.05, 0) is 25.0 Å². The van der Waals surface area contributed by atoms with Crippen LogP contribution in [0.4, 0.5) is 0 Å². The fourth-order valence-electron chi connectivity index (χ4n) is 3.02. The number of aromatic nitrogens is 2. The lowest BCUT2D eigenvalue weighted by Crippen LogP contribution is -2.38. The number of carbonyl (C=O) groups excluding carboxylic acids is 1. The van der Waals surface area contributed by atoms with E-state index < -0.39 is 0 Å². The number of benzene rings is 1. The Kier molecular flexibility index (Phi) is 3.73. The van der Waals surface area contributed by atoms with Gasteiger partial charge in [0.2, 0.25) is 11.3 Å². The molecule has 0 aliphatic heterocycles. The predicted molar refractivity (Wildman–Crippen MR) is 81.0 cm³/mol. The summed E-state index contributed by atoms with van der Waals surface area (Å²) in [5, 5.41) is 4.71. The summed E-state index contributed by atoms with van der Waals surface area (Å²) in [7, 11) is 1.86. The highest BCUT2D eigenvalue weighted by molar-refractivity contribution is 5.81. The fourth-order valence-corrected chi connectivity index (χ4v) is 3.02. The Labute approximate surface area is 123 Å². The van der Waals surface area contributed by atoms with Crippen molar-refractivity contribution >= 4 is 16.8 Å². The Morgan fingerprint density at radius 3 is 2.81 bits per heavy atom. The van der Waals surface area contributed by atoms with E-state index in [9.17, 15) is 9.59 Å². The van der Waals surface area contributed by atoms with Crippen LogP contribution in [0.15, 0.2) is 35.3 Å². The highest BCUT2D eigenvalue weighted by Crippen LogP contribution is 2.22. The third-order valence-electron chi connectivity index (χ3n) is 4.31. The van der Waals surface area contributed by atoms with Gasteiger partial charge in [0, 0.05) is 18.5 Å². The van der Waals surface area contributed by atoms with Gasteiger partial charge in [-0.3, -0.25) is 14.3 Å². The van der Waals surface area contributed by atoms with Crippen molar-refractivity contribution in [2.45, 2.75) is 38.3 Å². The van der Waals surface area contributed by atoms with E-state index in [0.29, 0.717) is 16.9 Å². The van der Waals surface area contributed by atoms with E-state index in [2.05, 4.69) is 5.10 Å². The molecule has 1 heterocycles. The second-order valence-electron chi connectivity index (χ2n) is 5.63. The van der Waals surface area contributed by atoms with Crippen LogP contribution in [0.1, 0.15) is 25.7 Å². The fraction of sp³-hybridized carbons (Fsp3) is 0.438. The van der Waals surface area contributed by atoms with E-state index >= 15 is 0 Å². The number of hydrogen-bond donors (Lipinski definition) is 0. The van der Waals surface area contributed by atoms with Gasteiger partial charge in [-0.2, -0.15) is 5.10 Å². The van der Waals surface area contributed by atoms with Gasteiger partial charge in [0.25, 0.3) is 0 Å². The van der Waals surface area contributed by atoms with Crippen molar-refractivity contribution in [3.63, 3.8) is 0 Å². The summed E-state index contributed by atoms with van der Waals surface area (Å²) in [4.78, 5) is 26.0. The Morgan fingerprint density at radius 1 is 1.33 bits per heavy atom. The molecule has 0 saturated heterocycles. The molecule has 1 saturated carbocycles. The molecule has 110 valence electrons. The Bertz CT molecular complexity index is 717. The minimum Gasteiger partial charge on any atom is -0.341 e. The van der Waals surface area contributed by atoms with Gasteiger partial charge in [-0.1, -0.05) is 25.0 Å². The first-order valence-electron chi connectivity index (χ1n) is 7.37. The van der Waals surface area contributed by atoms with Crippen LogP contribution in [-0.4, -0.2) is 33.7 Å². The molecule has 0 bridgehead atoms. The molecule has 0 unspecified atom stereocenters. The summed E-state index contributed by atoms with van der Waals surface area (Å²) >= 11 is 0. The van der Waals surface area contributed by atoms with Crippen molar-refractivity contribution in [2.24, 2.45) is 0 Å². The third-order valence-corrected chi connectivity index (χ3v) is 4.31. The zero-order valence-electron chi connectivity index (χ0n) is 12.2. The molecule has 0 N–H and O–H groups in total. The minimum atomic E-state index is -0.113. The molecular formula is C16H19N3O2. The quantitative estimate of drug-likeness (QED) is 0.864. The largest absolute Gasteiger partial charge is 0.341 e. The highest BCUT2D eigenvalue weighted by atomic mass is 16.2. The first kappa shape index (κ1) is 13.8. The van der Waals surface area contributed by atoms with Crippen molar-refractivity contribution in [2.75, 3.05) is 7.05 Å². The molecule has 0 radical (unpaired) electrons. The van der Waals surface area contributed by atoms with Crippen LogP contribution in [-0.2, 0) is 11.3 Å². The van der Waals surface area contributed by atoms with Gasteiger partial charge < -0.3 is 4.90 Å². The number of hydrogen-bond acceptors (Lipinski definition) is 3. The normalized spacial score (nSPS) is 15.5. The molecule has 1 amide bonds. The standard InChI is InChI=1S/C16H19N3O2/c1-18(12-6-2-3-7-12)16(21)11-19-14-9-5-4-8-13(14)15(20)10-17-19/h4-5,8-10,12H,2-3,6-7,11H2,1H3. The average Bonchev–Trinajstić information content (AvgIpc) is 3.04. The number of carbonyl (C=O) groups is 1. The molecule has 0 atom stereocenters. The Balaban J connectivity index is 1.86. The lowest BCUT2D eigenvalue weighted by atomic mass is 10.2. The van der Waals surface area contributed by atoms with Crippen LogP contribution < -0.4 is 5.43 Å². The molecule has 3 rings (SSSR count). The van der Waals surface area contributed by atoms with E-state index in [1.807, 2.05) is 30.1 Å². The topological polar surface area (TPSA) is 55.2 Å². The smallest absolute Gasteiger partial charge is 0.244 e. The summed E-state index contributed by atoms with van der Waals surface area (Å²) in [6.07, 6.45) is 5.84. The van der Waals surface area contributed by atoms with Crippen LogP contribution >= 0.6 is 0 Å². The van der Waals surface area contributed by atoms with Crippen molar-refractivity contribution in [1.29, 1.82) is 0 Å². The highest BCUT2D eigenvalue weighted by Gasteiger charge is 2.23. The van der Waals surface area contributed by atoms with E-state index in [1.54, 1.807) is 10.7 Å². The maximum Gasteiger partial charge on any atom is 0.244 e. The molecule has 1 aromatic carbocycles. The van der Waals surface area contributed by atoms with Crippen LogP contribution in [0.2, 0.25) is 0 Å². The van der Waals surface area contributed by atoms with Gasteiger partial charge in [0.15, 0.2) is 0 Å². The Hall–Kier alpha value is -2.17. The predicted octanol–water partition coefficient (Wildman–Crippen LogP) is 1.80. The van der Waals surface area contributed by atoms with Crippen molar-refractivity contribution in [1.82, 2.24) is 14.7 Å². The van der Waals surface area contributed by atoms with Crippen molar-refractivity contribution < 1.29 is 4.79 Å². The summed E-state index contributed by atoms with van der Waals surface area (Å²) in [6, 6.07) is 7.61. The first-order chi connectivity index (χ1) is 10.2. The van der Waals surface area contributed by atoms with Gasteiger partial charge in [-0.15, -0.1) is 0 Å². The molecule has 1 fully saturated rings. The summed E-state index contributed by atoms with van der Waals surface area (Å²) < 4.78 is 1.62. The van der Waals surface area contributed by atoms with Crippen LogP contribution in [0, 0.1) is 0 Å². The molecule has 1 aliphatic rings. The number of nitrogens with zero attached hydrogens (tertiary/aromatic N) is 3. The minimum absolute atomic E-state index is 0.0446. The molecule has 21 heavy (non-hydrogen) atoms. The van der Waals surface area contributed by atoms with Gasteiger partial charge >= 0.3 is 0 Å². The van der Waals surface area contributed by atoms with Gasteiger partial charge in [0.1, 0.15) is 6.54 Å². The van der Waals surface area contributed by atoms with E-state index in [0.717, 1.165) is 12.8 Å². The molecule has 1 aliphatic carbocycles. The van der Waals surface area contributed by atoms with Crippen molar-refractivity contribution in [3.05, 3.63) is 40.7 Å². The number of rotatable bonds is 3. The van der Waals surface area contributed by atoms with E-state index in [1.165, 1.54) is 19.0 Å². The number of fused-ring (bicyclic) bond motifs is 1. The summed E-state index contributed by atoms with van der Waals surface area (Å²) in [5.74, 6) is 0.0446. The second-order valence-corrected chi connectivity index (χ2v) is 5.63. The molecule has 0 spiro atoms. The van der Waals surface area contributed by atoms with E-state index in [4.69, 9.17) is 0 Å². The maximum atomic E-state index is 12.4. The third kappa shape index (κ3) is 2.68. The van der Waals surface area contributed by atoms with Crippen LogP contribution in [0.5, 0.6) is 0 Å². The summed E-state index contributed by atoms with van der Waals surface area (Å²) in [6.45, 7) is 0.174. The molecule has 5 nitrogen and oxygen atoms in total. The van der Waals surface area contributed by atoms with Crippen LogP contribution in [0.25, 0.3) is 10.9 Å². The van der Waals surface area contributed by atoms with Gasteiger partial charge in [-0.25, -0.2) is 0 Å². The van der Waals surface area contributed by atoms with Gasteiger partial charge in [0.05, 0.1) is 11.7 Å². The summed E-state index contributed by atoms with van der Waals surface area (Å²) in [5.41, 5.74) is 0.594. The lowest BCUT2D eigenvalue weighted by Gasteiger charge is -2.24. The Morgan fingerprint density at radius 2 is 2.05 bits per heavy atom.